The molecule has 0 radical (unpaired) electrons. The number of carboxylic acids is 1. The molecule has 1 fully saturated rings. The summed E-state index contributed by atoms with van der Waals surface area (Å²) in [7, 11) is 0. The van der Waals surface area contributed by atoms with Gasteiger partial charge >= 0.3 is 5.97 Å². The minimum atomic E-state index is -1.04. The maximum Gasteiger partial charge on any atom is 0.320 e. The van der Waals surface area contributed by atoms with Gasteiger partial charge in [0.1, 0.15) is 23.4 Å². The van der Waals surface area contributed by atoms with E-state index in [0.717, 1.165) is 17.0 Å². The summed E-state index contributed by atoms with van der Waals surface area (Å²) in [4.78, 5) is 24.5. The Kier molecular flexibility index (Phi) is 6.90. The maximum atomic E-state index is 13.8. The van der Waals surface area contributed by atoms with Crippen molar-refractivity contribution in [3.63, 3.8) is 0 Å². The molecule has 2 unspecified atom stereocenters. The van der Waals surface area contributed by atoms with Crippen molar-refractivity contribution >= 4 is 30.0 Å². The van der Waals surface area contributed by atoms with Crippen LogP contribution in [0.1, 0.15) is 26.2 Å². The summed E-state index contributed by atoms with van der Waals surface area (Å²) in [6.07, 6.45) is 1.34. The van der Waals surface area contributed by atoms with Gasteiger partial charge in [0.15, 0.2) is 0 Å². The van der Waals surface area contributed by atoms with Crippen LogP contribution < -0.4 is 10.2 Å². The van der Waals surface area contributed by atoms with Crippen LogP contribution in [0.2, 0.25) is 0 Å². The smallest absolute Gasteiger partial charge is 0.320 e. The van der Waals surface area contributed by atoms with E-state index < -0.39 is 35.6 Å². The highest BCUT2D eigenvalue weighted by Gasteiger charge is 2.37. The highest BCUT2D eigenvalue weighted by Crippen LogP contribution is 2.27. The van der Waals surface area contributed by atoms with Gasteiger partial charge in [0.05, 0.1) is 6.04 Å². The van der Waals surface area contributed by atoms with Crippen LogP contribution in [-0.4, -0.2) is 35.6 Å². The third kappa shape index (κ3) is 4.17. The van der Waals surface area contributed by atoms with Crippen LogP contribution in [0.3, 0.4) is 0 Å². The second-order valence-electron chi connectivity index (χ2n) is 5.25. The molecular formula is C15H19ClF2N2O3. The molecule has 1 aromatic carbocycles. The first-order valence-electron chi connectivity index (χ1n) is 7.20. The summed E-state index contributed by atoms with van der Waals surface area (Å²) in [6, 6.07) is 1.82. The number of hydrogen-bond donors (Lipinski definition) is 2. The second-order valence-corrected chi connectivity index (χ2v) is 5.25. The number of para-hydroxylation sites is 1. The number of hydrogen-bond acceptors (Lipinski definition) is 3. The Balaban J connectivity index is 0.00000264. The molecule has 1 heterocycles. The zero-order valence-electron chi connectivity index (χ0n) is 12.6. The average molecular weight is 349 g/mol. The molecule has 128 valence electrons. The molecule has 0 spiro atoms. The van der Waals surface area contributed by atoms with Crippen molar-refractivity contribution in [1.29, 1.82) is 0 Å². The first-order valence-corrected chi connectivity index (χ1v) is 7.20. The summed E-state index contributed by atoms with van der Waals surface area (Å²) in [5.74, 6) is -3.16. The van der Waals surface area contributed by atoms with E-state index in [1.165, 1.54) is 6.07 Å². The zero-order chi connectivity index (χ0) is 16.3. The third-order valence-corrected chi connectivity index (χ3v) is 3.69. The van der Waals surface area contributed by atoms with Gasteiger partial charge in [0.2, 0.25) is 5.91 Å². The molecule has 23 heavy (non-hydrogen) atoms. The molecule has 1 aliphatic rings. The number of benzene rings is 1. The lowest BCUT2D eigenvalue weighted by molar-refractivity contribution is -0.140. The fraction of sp³-hybridized carbons (Fsp3) is 0.467. The Morgan fingerprint density at radius 2 is 2.04 bits per heavy atom. The minimum Gasteiger partial charge on any atom is -0.480 e. The van der Waals surface area contributed by atoms with E-state index in [1.54, 1.807) is 0 Å². The van der Waals surface area contributed by atoms with Crippen LogP contribution in [0.25, 0.3) is 0 Å². The SMILES string of the molecule is CCCC(NC1CCN(c2c(F)cccc2F)C1=O)C(=O)O.Cl. The predicted octanol–water partition coefficient (Wildman–Crippen LogP) is 2.33. The fourth-order valence-corrected chi connectivity index (χ4v) is 2.61. The molecule has 2 rings (SSSR count). The van der Waals surface area contributed by atoms with Crippen LogP contribution in [0.4, 0.5) is 14.5 Å². The molecule has 8 heteroatoms. The molecule has 1 aliphatic heterocycles. The molecule has 1 aromatic rings. The largest absolute Gasteiger partial charge is 0.480 e. The number of nitrogens with zero attached hydrogens (tertiary/aromatic N) is 1. The van der Waals surface area contributed by atoms with E-state index >= 15 is 0 Å². The van der Waals surface area contributed by atoms with Crippen molar-refractivity contribution in [3.8, 4) is 0 Å². The van der Waals surface area contributed by atoms with Gasteiger partial charge in [-0.2, -0.15) is 0 Å². The standard InChI is InChI=1S/C15H18F2N2O3.ClH/c1-2-4-12(15(21)22)18-11-7-8-19(14(11)20)13-9(16)5-3-6-10(13)17;/h3,5-6,11-12,18H,2,4,7-8H2,1H3,(H,21,22);1H. The van der Waals surface area contributed by atoms with Crippen molar-refractivity contribution < 1.29 is 23.5 Å². The molecule has 0 aliphatic carbocycles. The number of carbonyl (C=O) groups is 2. The molecule has 0 saturated carbocycles. The Morgan fingerprint density at radius 1 is 1.43 bits per heavy atom. The minimum absolute atomic E-state index is 0. The van der Waals surface area contributed by atoms with Gasteiger partial charge in [-0.1, -0.05) is 19.4 Å². The monoisotopic (exact) mass is 348 g/mol. The zero-order valence-corrected chi connectivity index (χ0v) is 13.4. The van der Waals surface area contributed by atoms with Gasteiger partial charge in [-0.05, 0) is 25.0 Å². The van der Waals surface area contributed by atoms with E-state index in [9.17, 15) is 18.4 Å². The third-order valence-electron chi connectivity index (χ3n) is 3.69. The lowest BCUT2D eigenvalue weighted by atomic mass is 10.1. The van der Waals surface area contributed by atoms with Crippen molar-refractivity contribution in [2.75, 3.05) is 11.4 Å². The van der Waals surface area contributed by atoms with E-state index in [1.807, 2.05) is 6.92 Å². The Labute approximate surface area is 139 Å². The molecular weight excluding hydrogens is 330 g/mol. The molecule has 1 saturated heterocycles. The van der Waals surface area contributed by atoms with Crippen LogP contribution in [-0.2, 0) is 9.59 Å². The molecule has 5 nitrogen and oxygen atoms in total. The maximum absolute atomic E-state index is 13.8. The quantitative estimate of drug-likeness (QED) is 0.828. The van der Waals surface area contributed by atoms with Gasteiger partial charge in [0, 0.05) is 6.54 Å². The second kappa shape index (κ2) is 8.21. The first kappa shape index (κ1) is 19.3. The molecule has 2 atom stereocenters. The summed E-state index contributed by atoms with van der Waals surface area (Å²) in [5.41, 5.74) is -0.376. The molecule has 2 N–H and O–H groups in total. The topological polar surface area (TPSA) is 69.6 Å². The van der Waals surface area contributed by atoms with Crippen molar-refractivity contribution in [3.05, 3.63) is 29.8 Å². The van der Waals surface area contributed by atoms with Crippen LogP contribution in [0.5, 0.6) is 0 Å². The summed E-state index contributed by atoms with van der Waals surface area (Å²) in [6.45, 7) is 1.99. The van der Waals surface area contributed by atoms with E-state index in [0.29, 0.717) is 19.3 Å². The Hall–Kier alpha value is -1.73. The predicted molar refractivity (Wildman–Crippen MR) is 83.8 cm³/mol. The lowest BCUT2D eigenvalue weighted by Crippen LogP contribution is -2.47. The van der Waals surface area contributed by atoms with Crippen molar-refractivity contribution in [2.24, 2.45) is 0 Å². The van der Waals surface area contributed by atoms with Crippen LogP contribution in [0, 0.1) is 11.6 Å². The summed E-state index contributed by atoms with van der Waals surface area (Å²) in [5, 5.41) is 11.9. The Morgan fingerprint density at radius 3 is 2.57 bits per heavy atom. The fourth-order valence-electron chi connectivity index (χ4n) is 2.61. The summed E-state index contributed by atoms with van der Waals surface area (Å²) >= 11 is 0. The average Bonchev–Trinajstić information content (AvgIpc) is 2.80. The van der Waals surface area contributed by atoms with E-state index in [2.05, 4.69) is 5.32 Å². The highest BCUT2D eigenvalue weighted by molar-refractivity contribution is 6.00. The first-order chi connectivity index (χ1) is 10.5. The number of halogens is 3. The van der Waals surface area contributed by atoms with Gasteiger partial charge in [-0.3, -0.25) is 14.9 Å². The van der Waals surface area contributed by atoms with Gasteiger partial charge < -0.3 is 10.0 Å². The molecule has 0 aromatic heterocycles. The number of carbonyl (C=O) groups excluding carboxylic acids is 1. The van der Waals surface area contributed by atoms with E-state index in [-0.39, 0.29) is 24.6 Å². The van der Waals surface area contributed by atoms with Gasteiger partial charge in [-0.25, -0.2) is 8.78 Å². The number of nitrogens with one attached hydrogen (secondary N) is 1. The van der Waals surface area contributed by atoms with Gasteiger partial charge in [0.25, 0.3) is 0 Å². The van der Waals surface area contributed by atoms with E-state index in [4.69, 9.17) is 5.11 Å². The number of amides is 1. The molecule has 1 amide bonds. The number of rotatable bonds is 6. The Bertz CT molecular complexity index is 566. The number of carboxylic acid groups (broad SMARTS) is 1. The van der Waals surface area contributed by atoms with Crippen molar-refractivity contribution in [1.82, 2.24) is 5.32 Å². The molecule has 0 bridgehead atoms. The normalized spacial score (nSPS) is 18.7. The van der Waals surface area contributed by atoms with Crippen LogP contribution >= 0.6 is 12.4 Å². The number of aliphatic carboxylic acids is 1. The van der Waals surface area contributed by atoms with Gasteiger partial charge in [-0.15, -0.1) is 12.4 Å². The number of anilines is 1. The lowest BCUT2D eigenvalue weighted by Gasteiger charge is -2.20. The van der Waals surface area contributed by atoms with Crippen molar-refractivity contribution in [2.45, 2.75) is 38.3 Å². The highest BCUT2D eigenvalue weighted by atomic mass is 35.5. The van der Waals surface area contributed by atoms with Crippen LogP contribution in [0.15, 0.2) is 18.2 Å². The summed E-state index contributed by atoms with van der Waals surface area (Å²) < 4.78 is 27.5.